The molecule has 0 aliphatic carbocycles. The van der Waals surface area contributed by atoms with Gasteiger partial charge in [0.05, 0.1) is 4.90 Å². The van der Waals surface area contributed by atoms with Crippen molar-refractivity contribution in [2.45, 2.75) is 31.5 Å². The lowest BCUT2D eigenvalue weighted by Gasteiger charge is -2.20. The molecule has 1 heterocycles. The Morgan fingerprint density at radius 2 is 1.73 bits per heavy atom. The summed E-state index contributed by atoms with van der Waals surface area (Å²) in [6, 6.07) is 9.34. The van der Waals surface area contributed by atoms with Gasteiger partial charge in [0.25, 0.3) is 5.91 Å². The fourth-order valence-electron chi connectivity index (χ4n) is 3.42. The monoisotopic (exact) mass is 442 g/mol. The van der Waals surface area contributed by atoms with Crippen LogP contribution in [0, 0.1) is 0 Å². The van der Waals surface area contributed by atoms with Crippen molar-refractivity contribution in [3.63, 3.8) is 0 Å². The standard InChI is InChI=1S/C20H21F3N2O4S/c1-3-24(4-2)30(27,28)17-9-10-18-15(13-17)11-12-25(18)19(26)14-5-7-16(8-6-14)29-20(21,22)23/h5-10,13H,3-4,11-12H2,1-2H3. The first kappa shape index (κ1) is 22.1. The number of nitrogens with zero attached hydrogens (tertiary/aromatic N) is 2. The predicted molar refractivity (Wildman–Crippen MR) is 105 cm³/mol. The molecule has 3 rings (SSSR count). The van der Waals surface area contributed by atoms with Crippen LogP contribution in [0.1, 0.15) is 29.8 Å². The van der Waals surface area contributed by atoms with Gasteiger partial charge in [0.1, 0.15) is 5.75 Å². The lowest BCUT2D eigenvalue weighted by atomic mass is 10.1. The average Bonchev–Trinajstić information content (AvgIpc) is 3.11. The zero-order chi connectivity index (χ0) is 22.1. The van der Waals surface area contributed by atoms with Crippen LogP contribution in [-0.4, -0.2) is 44.6 Å². The quantitative estimate of drug-likeness (QED) is 0.682. The van der Waals surface area contributed by atoms with E-state index in [1.807, 2.05) is 0 Å². The normalized spacial score (nSPS) is 14.1. The molecule has 162 valence electrons. The van der Waals surface area contributed by atoms with Crippen LogP contribution in [0.4, 0.5) is 18.9 Å². The summed E-state index contributed by atoms with van der Waals surface area (Å²) in [5.74, 6) is -0.793. The second-order valence-electron chi connectivity index (χ2n) is 6.66. The summed E-state index contributed by atoms with van der Waals surface area (Å²) in [6.07, 6.45) is -4.32. The van der Waals surface area contributed by atoms with Crippen LogP contribution in [0.5, 0.6) is 5.75 Å². The van der Waals surface area contributed by atoms with Gasteiger partial charge in [-0.1, -0.05) is 13.8 Å². The van der Waals surface area contributed by atoms with Gasteiger partial charge in [-0.2, -0.15) is 4.31 Å². The van der Waals surface area contributed by atoms with Crippen LogP contribution >= 0.6 is 0 Å². The average molecular weight is 442 g/mol. The third-order valence-corrected chi connectivity index (χ3v) is 6.92. The maximum Gasteiger partial charge on any atom is 0.573 e. The van der Waals surface area contributed by atoms with E-state index < -0.39 is 22.1 Å². The Kier molecular flexibility index (Phi) is 6.09. The van der Waals surface area contributed by atoms with Gasteiger partial charge in [0.15, 0.2) is 0 Å². The van der Waals surface area contributed by atoms with E-state index >= 15 is 0 Å². The maximum atomic E-state index is 12.8. The summed E-state index contributed by atoms with van der Waals surface area (Å²) in [5, 5.41) is 0. The van der Waals surface area contributed by atoms with Crippen molar-refractivity contribution >= 4 is 21.6 Å². The Balaban J connectivity index is 1.82. The summed E-state index contributed by atoms with van der Waals surface area (Å²) >= 11 is 0. The fourth-order valence-corrected chi connectivity index (χ4v) is 4.93. The molecule has 0 unspecified atom stereocenters. The van der Waals surface area contributed by atoms with E-state index in [9.17, 15) is 26.4 Å². The third-order valence-electron chi connectivity index (χ3n) is 4.87. The van der Waals surface area contributed by atoms with E-state index in [1.165, 1.54) is 27.4 Å². The molecule has 0 N–H and O–H groups in total. The number of hydrogen-bond acceptors (Lipinski definition) is 4. The molecule has 0 saturated carbocycles. The number of sulfonamides is 1. The van der Waals surface area contributed by atoms with Gasteiger partial charge in [-0.05, 0) is 54.4 Å². The molecular formula is C20H21F3N2O4S. The minimum absolute atomic E-state index is 0.174. The summed E-state index contributed by atoms with van der Waals surface area (Å²) in [5.41, 5.74) is 1.53. The third kappa shape index (κ3) is 4.44. The van der Waals surface area contributed by atoms with Crippen molar-refractivity contribution in [1.82, 2.24) is 4.31 Å². The maximum absolute atomic E-state index is 12.8. The van der Waals surface area contributed by atoms with Crippen molar-refractivity contribution in [3.05, 3.63) is 53.6 Å². The van der Waals surface area contributed by atoms with Gasteiger partial charge in [-0.25, -0.2) is 8.42 Å². The highest BCUT2D eigenvalue weighted by Gasteiger charge is 2.32. The number of rotatable bonds is 6. The summed E-state index contributed by atoms with van der Waals surface area (Å²) < 4.78 is 67.4. The zero-order valence-electron chi connectivity index (χ0n) is 16.4. The molecule has 0 spiro atoms. The molecule has 10 heteroatoms. The minimum atomic E-state index is -4.80. The Labute approximate surface area is 172 Å². The summed E-state index contributed by atoms with van der Waals surface area (Å²) in [7, 11) is -3.61. The molecule has 1 aliphatic heterocycles. The first-order valence-electron chi connectivity index (χ1n) is 9.37. The van der Waals surface area contributed by atoms with E-state index in [0.717, 1.165) is 17.7 Å². The number of anilines is 1. The SMILES string of the molecule is CCN(CC)S(=O)(=O)c1ccc2c(c1)CCN2C(=O)c1ccc(OC(F)(F)F)cc1. The molecule has 30 heavy (non-hydrogen) atoms. The van der Waals surface area contributed by atoms with Crippen LogP contribution in [0.3, 0.4) is 0 Å². The number of ether oxygens (including phenoxy) is 1. The summed E-state index contributed by atoms with van der Waals surface area (Å²) in [4.78, 5) is 14.5. The first-order chi connectivity index (χ1) is 14.1. The van der Waals surface area contributed by atoms with E-state index in [2.05, 4.69) is 4.74 Å². The molecule has 2 aromatic carbocycles. The number of carbonyl (C=O) groups excluding carboxylic acids is 1. The van der Waals surface area contributed by atoms with E-state index in [1.54, 1.807) is 26.0 Å². The molecule has 0 saturated heterocycles. The molecule has 6 nitrogen and oxygen atoms in total. The van der Waals surface area contributed by atoms with Crippen molar-refractivity contribution in [2.75, 3.05) is 24.5 Å². The molecule has 0 bridgehead atoms. The van der Waals surface area contributed by atoms with Crippen LogP contribution < -0.4 is 9.64 Å². The molecule has 0 radical (unpaired) electrons. The van der Waals surface area contributed by atoms with Crippen molar-refractivity contribution in [3.8, 4) is 5.75 Å². The summed E-state index contributed by atoms with van der Waals surface area (Å²) in [6.45, 7) is 4.59. The second kappa shape index (κ2) is 8.27. The molecule has 0 atom stereocenters. The molecular weight excluding hydrogens is 421 g/mol. The number of benzene rings is 2. The fraction of sp³-hybridized carbons (Fsp3) is 0.350. The molecule has 0 fully saturated rings. The number of hydrogen-bond donors (Lipinski definition) is 0. The number of fused-ring (bicyclic) bond motifs is 1. The highest BCUT2D eigenvalue weighted by molar-refractivity contribution is 7.89. The lowest BCUT2D eigenvalue weighted by molar-refractivity contribution is -0.274. The number of amides is 1. The van der Waals surface area contributed by atoms with Crippen molar-refractivity contribution in [2.24, 2.45) is 0 Å². The smallest absolute Gasteiger partial charge is 0.406 e. The molecule has 1 aliphatic rings. The number of alkyl halides is 3. The van der Waals surface area contributed by atoms with Crippen LogP contribution in [0.15, 0.2) is 47.4 Å². The minimum Gasteiger partial charge on any atom is -0.406 e. The topological polar surface area (TPSA) is 66.9 Å². The van der Waals surface area contributed by atoms with Crippen LogP contribution in [0.2, 0.25) is 0 Å². The highest BCUT2D eigenvalue weighted by Crippen LogP contribution is 2.32. The zero-order valence-corrected chi connectivity index (χ0v) is 17.3. The first-order valence-corrected chi connectivity index (χ1v) is 10.8. The largest absolute Gasteiger partial charge is 0.573 e. The molecule has 1 amide bonds. The predicted octanol–water partition coefficient (Wildman–Crippen LogP) is 3.82. The Bertz CT molecular complexity index is 1030. The number of halogens is 3. The van der Waals surface area contributed by atoms with Gasteiger partial charge in [-0.15, -0.1) is 13.2 Å². The Morgan fingerprint density at radius 3 is 2.30 bits per heavy atom. The van der Waals surface area contributed by atoms with Gasteiger partial charge in [-0.3, -0.25) is 4.79 Å². The van der Waals surface area contributed by atoms with Gasteiger partial charge in [0, 0.05) is 30.9 Å². The molecule has 2 aromatic rings. The van der Waals surface area contributed by atoms with Gasteiger partial charge < -0.3 is 9.64 Å². The second-order valence-corrected chi connectivity index (χ2v) is 8.60. The van der Waals surface area contributed by atoms with Gasteiger partial charge >= 0.3 is 6.36 Å². The van der Waals surface area contributed by atoms with E-state index in [4.69, 9.17) is 0 Å². The number of carbonyl (C=O) groups is 1. The molecule has 0 aromatic heterocycles. The van der Waals surface area contributed by atoms with Crippen LogP contribution in [-0.2, 0) is 16.4 Å². The lowest BCUT2D eigenvalue weighted by Crippen LogP contribution is -2.30. The van der Waals surface area contributed by atoms with E-state index in [-0.39, 0.29) is 16.4 Å². The Hall–Kier alpha value is -2.59. The Morgan fingerprint density at radius 1 is 1.10 bits per heavy atom. The van der Waals surface area contributed by atoms with E-state index in [0.29, 0.717) is 31.7 Å². The van der Waals surface area contributed by atoms with Crippen molar-refractivity contribution in [1.29, 1.82) is 0 Å². The van der Waals surface area contributed by atoms with Gasteiger partial charge in [0.2, 0.25) is 10.0 Å². The van der Waals surface area contributed by atoms with Crippen molar-refractivity contribution < 1.29 is 31.1 Å². The highest BCUT2D eigenvalue weighted by atomic mass is 32.2. The van der Waals surface area contributed by atoms with Crippen LogP contribution in [0.25, 0.3) is 0 Å².